The van der Waals surface area contributed by atoms with Gasteiger partial charge in [-0.3, -0.25) is 0 Å². The van der Waals surface area contributed by atoms with Crippen LogP contribution >= 0.6 is 0 Å². The number of rotatable bonds is 7. The van der Waals surface area contributed by atoms with E-state index in [1.54, 1.807) is 6.08 Å². The maximum atomic E-state index is 4.04. The summed E-state index contributed by atoms with van der Waals surface area (Å²) in [5.74, 6) is 0. The standard InChI is InChI=1S/C19H24/c1-7-11-13-16(5)18(9-3)15-19(10-4)17(6)14-12-8-2/h7-15H,1,3,5H2,2,4,6H3/b12-8-,13-11-,17-14-,18-15-,19-10-. The lowest BCUT2D eigenvalue weighted by molar-refractivity contribution is 1.38. The Labute approximate surface area is 118 Å². The molecule has 100 valence electrons. The maximum Gasteiger partial charge on any atom is -0.0190 e. The summed E-state index contributed by atoms with van der Waals surface area (Å²) in [4.78, 5) is 0. The first kappa shape index (κ1) is 16.9. The van der Waals surface area contributed by atoms with Crippen molar-refractivity contribution in [2.24, 2.45) is 0 Å². The molecular weight excluding hydrogens is 228 g/mol. The Bertz CT molecular complexity index is 474. The Balaban J connectivity index is 5.34. The van der Waals surface area contributed by atoms with Gasteiger partial charge in [-0.25, -0.2) is 0 Å². The summed E-state index contributed by atoms with van der Waals surface area (Å²) in [5, 5.41) is 0. The van der Waals surface area contributed by atoms with Gasteiger partial charge in [0.2, 0.25) is 0 Å². The third kappa shape index (κ3) is 6.42. The van der Waals surface area contributed by atoms with Crippen LogP contribution < -0.4 is 0 Å². The highest BCUT2D eigenvalue weighted by molar-refractivity contribution is 5.52. The van der Waals surface area contributed by atoms with E-state index in [1.807, 2.05) is 44.2 Å². The van der Waals surface area contributed by atoms with Crippen molar-refractivity contribution in [1.82, 2.24) is 0 Å². The molecule has 0 aromatic rings. The predicted octanol–water partition coefficient (Wildman–Crippen LogP) is 5.87. The molecule has 0 aliphatic carbocycles. The average Bonchev–Trinajstić information content (AvgIpc) is 2.43. The van der Waals surface area contributed by atoms with Gasteiger partial charge in [-0.2, -0.15) is 0 Å². The summed E-state index contributed by atoms with van der Waals surface area (Å²) < 4.78 is 0. The molecule has 0 saturated carbocycles. The van der Waals surface area contributed by atoms with Crippen LogP contribution in [-0.2, 0) is 0 Å². The van der Waals surface area contributed by atoms with Crippen molar-refractivity contribution >= 4 is 0 Å². The van der Waals surface area contributed by atoms with Crippen LogP contribution in [0.4, 0.5) is 0 Å². The molecule has 0 aliphatic heterocycles. The predicted molar refractivity (Wildman–Crippen MR) is 89.1 cm³/mol. The second-order valence-electron chi connectivity index (χ2n) is 4.04. The molecule has 0 amide bonds. The van der Waals surface area contributed by atoms with Crippen LogP contribution in [0.1, 0.15) is 20.8 Å². The van der Waals surface area contributed by atoms with Gasteiger partial charge < -0.3 is 0 Å². The van der Waals surface area contributed by atoms with Gasteiger partial charge in [0, 0.05) is 0 Å². The molecule has 0 saturated heterocycles. The van der Waals surface area contributed by atoms with Gasteiger partial charge in [-0.15, -0.1) is 0 Å². The summed E-state index contributed by atoms with van der Waals surface area (Å²) in [7, 11) is 0. The van der Waals surface area contributed by atoms with Crippen LogP contribution in [0.2, 0.25) is 0 Å². The van der Waals surface area contributed by atoms with E-state index in [-0.39, 0.29) is 0 Å². The van der Waals surface area contributed by atoms with Gasteiger partial charge in [0.1, 0.15) is 0 Å². The molecule has 0 fully saturated rings. The first-order chi connectivity index (χ1) is 9.10. The zero-order valence-corrected chi connectivity index (χ0v) is 12.3. The Morgan fingerprint density at radius 2 is 1.68 bits per heavy atom. The van der Waals surface area contributed by atoms with Gasteiger partial charge in [-0.05, 0) is 49.1 Å². The zero-order chi connectivity index (χ0) is 14.7. The lowest BCUT2D eigenvalue weighted by Crippen LogP contribution is -1.86. The topological polar surface area (TPSA) is 0 Å². The Kier molecular flexibility index (Phi) is 8.82. The summed E-state index contributed by atoms with van der Waals surface area (Å²) in [6, 6.07) is 0. The highest BCUT2D eigenvalue weighted by Gasteiger charge is 1.99. The quantitative estimate of drug-likeness (QED) is 0.497. The fraction of sp³-hybridized carbons (Fsp3) is 0.158. The minimum atomic E-state index is 0.924. The van der Waals surface area contributed by atoms with E-state index < -0.39 is 0 Å². The van der Waals surface area contributed by atoms with Crippen LogP contribution in [0.5, 0.6) is 0 Å². The first-order valence-corrected chi connectivity index (χ1v) is 6.39. The smallest absolute Gasteiger partial charge is 0.0190 e. The molecule has 0 aromatic heterocycles. The van der Waals surface area contributed by atoms with E-state index in [4.69, 9.17) is 0 Å². The third-order valence-corrected chi connectivity index (χ3v) is 2.64. The minimum Gasteiger partial charge on any atom is -0.0991 e. The van der Waals surface area contributed by atoms with Gasteiger partial charge >= 0.3 is 0 Å². The van der Waals surface area contributed by atoms with Crippen molar-refractivity contribution in [1.29, 1.82) is 0 Å². The molecule has 0 radical (unpaired) electrons. The minimum absolute atomic E-state index is 0.924. The zero-order valence-electron chi connectivity index (χ0n) is 12.3. The van der Waals surface area contributed by atoms with Crippen LogP contribution in [0.25, 0.3) is 0 Å². The fourth-order valence-electron chi connectivity index (χ4n) is 1.49. The molecule has 0 nitrogen and oxygen atoms in total. The number of hydrogen-bond donors (Lipinski definition) is 0. The lowest BCUT2D eigenvalue weighted by Gasteiger charge is -2.06. The van der Waals surface area contributed by atoms with E-state index in [9.17, 15) is 0 Å². The summed E-state index contributed by atoms with van der Waals surface area (Å²) in [6.45, 7) is 17.7. The van der Waals surface area contributed by atoms with Crippen molar-refractivity contribution in [3.63, 3.8) is 0 Å². The highest BCUT2D eigenvalue weighted by atomic mass is 14.0. The van der Waals surface area contributed by atoms with E-state index in [2.05, 4.69) is 44.9 Å². The van der Waals surface area contributed by atoms with Crippen molar-refractivity contribution < 1.29 is 0 Å². The molecule has 0 aromatic carbocycles. The SMILES string of the molecule is C=C/C=C\C(=C)\C(C=C)=C/C(=C/C)C(/C)=C\C=C/C. The van der Waals surface area contributed by atoms with Crippen molar-refractivity contribution in [3.05, 3.63) is 96.7 Å². The Hall–Kier alpha value is -2.08. The van der Waals surface area contributed by atoms with E-state index in [1.165, 1.54) is 11.1 Å². The lowest BCUT2D eigenvalue weighted by atomic mass is 9.99. The van der Waals surface area contributed by atoms with E-state index in [0.717, 1.165) is 11.1 Å². The van der Waals surface area contributed by atoms with Crippen molar-refractivity contribution in [2.45, 2.75) is 20.8 Å². The summed E-state index contributed by atoms with van der Waals surface area (Å²) in [6.07, 6.45) is 17.7. The molecule has 0 spiro atoms. The van der Waals surface area contributed by atoms with E-state index in [0.29, 0.717) is 0 Å². The second-order valence-corrected chi connectivity index (χ2v) is 4.04. The summed E-state index contributed by atoms with van der Waals surface area (Å²) in [5.41, 5.74) is 4.31. The molecule has 0 aliphatic rings. The number of allylic oxidation sites excluding steroid dienone is 13. The van der Waals surface area contributed by atoms with Crippen LogP contribution in [-0.4, -0.2) is 0 Å². The third-order valence-electron chi connectivity index (χ3n) is 2.64. The normalized spacial score (nSPS) is 14.2. The van der Waals surface area contributed by atoms with Crippen LogP contribution in [0, 0.1) is 0 Å². The molecule has 0 bridgehead atoms. The van der Waals surface area contributed by atoms with Crippen LogP contribution in [0.3, 0.4) is 0 Å². The van der Waals surface area contributed by atoms with Crippen LogP contribution in [0.15, 0.2) is 96.7 Å². The molecule has 0 heteroatoms. The molecule has 0 rings (SSSR count). The maximum absolute atomic E-state index is 4.04. The Morgan fingerprint density at radius 3 is 2.16 bits per heavy atom. The second kappa shape index (κ2) is 9.90. The molecule has 0 unspecified atom stereocenters. The van der Waals surface area contributed by atoms with E-state index >= 15 is 0 Å². The fourth-order valence-corrected chi connectivity index (χ4v) is 1.49. The van der Waals surface area contributed by atoms with Crippen molar-refractivity contribution in [3.8, 4) is 0 Å². The van der Waals surface area contributed by atoms with Gasteiger partial charge in [-0.1, -0.05) is 68.3 Å². The largest absolute Gasteiger partial charge is 0.0991 e. The molecule has 0 N–H and O–H groups in total. The molecule has 19 heavy (non-hydrogen) atoms. The van der Waals surface area contributed by atoms with Gasteiger partial charge in [0.05, 0.1) is 0 Å². The number of hydrogen-bond acceptors (Lipinski definition) is 0. The Morgan fingerprint density at radius 1 is 1.00 bits per heavy atom. The monoisotopic (exact) mass is 252 g/mol. The molecule has 0 heterocycles. The first-order valence-electron chi connectivity index (χ1n) is 6.39. The average molecular weight is 252 g/mol. The summed E-state index contributed by atoms with van der Waals surface area (Å²) >= 11 is 0. The molecular formula is C19H24. The molecule has 0 atom stereocenters. The highest BCUT2D eigenvalue weighted by Crippen LogP contribution is 2.18. The van der Waals surface area contributed by atoms with Crippen molar-refractivity contribution in [2.75, 3.05) is 0 Å². The van der Waals surface area contributed by atoms with Gasteiger partial charge in [0.25, 0.3) is 0 Å². The van der Waals surface area contributed by atoms with Gasteiger partial charge in [0.15, 0.2) is 0 Å².